The van der Waals surface area contributed by atoms with Crippen molar-refractivity contribution in [2.24, 2.45) is 5.41 Å². The van der Waals surface area contributed by atoms with Gasteiger partial charge in [-0.15, -0.1) is 11.3 Å². The Bertz CT molecular complexity index is 2660. The number of aliphatic hydroxyl groups excluding tert-OH is 1. The SMILES string of the molecule is Cc1ccsc1-c1ccc(CCC(=O)[C@@H]2C[C@@H](O)CN2C(=O)[C@@H](NC(=O)COCCOCCNC(=O)CCCc2ccc(N3C(=S)N(c4ccc(C#N)c(C(F)(F)F)c4)C(=O)C3(C)C)cc2)C(C)(C)C)cc1. The minimum atomic E-state index is -4.81. The Morgan fingerprint density at radius 1 is 0.917 bits per heavy atom. The van der Waals surface area contributed by atoms with Crippen molar-refractivity contribution in [2.45, 2.75) is 110 Å². The van der Waals surface area contributed by atoms with E-state index in [0.717, 1.165) is 33.7 Å². The standard InChI is InChI=1S/C53H61F3N6O8S2/c1-33-22-27-72-46(33)36-15-10-35(11-16-36)14-21-43(64)42-29-40(63)31-60(42)48(67)47(51(2,3)4)59-45(66)32-70-26-25-69-24-23-58-44(65)9-7-8-34-12-18-38(19-13-34)62-50(71)61(49(68)52(62,5)6)39-20-17-37(30-57)41(28-39)53(54,55)56/h10-13,15-20,22,27-28,40,42,47,63H,7-9,14,21,23-26,29,31-32H2,1-6H3,(H,58,65)(H,59,66)/t40-,42+,47-/m1/s1. The number of β-amino-alcohol motifs (C(OH)–C–C–N with tert-alkyl or cyclic N) is 1. The molecule has 4 amide bonds. The van der Waals surface area contributed by atoms with E-state index in [2.05, 4.69) is 29.0 Å². The number of hydrogen-bond donors (Lipinski definition) is 3. The number of hydrogen-bond acceptors (Lipinski definition) is 11. The van der Waals surface area contributed by atoms with E-state index in [1.54, 1.807) is 48.3 Å². The van der Waals surface area contributed by atoms with Crippen molar-refractivity contribution in [3.63, 3.8) is 0 Å². The largest absolute Gasteiger partial charge is 0.417 e. The van der Waals surface area contributed by atoms with E-state index in [9.17, 15) is 47.5 Å². The van der Waals surface area contributed by atoms with Gasteiger partial charge in [0.2, 0.25) is 17.7 Å². The summed E-state index contributed by atoms with van der Waals surface area (Å²) in [7, 11) is 0. The molecule has 19 heteroatoms. The van der Waals surface area contributed by atoms with Gasteiger partial charge in [-0.25, -0.2) is 0 Å². The van der Waals surface area contributed by atoms with Crippen LogP contribution in [0.1, 0.15) is 88.1 Å². The van der Waals surface area contributed by atoms with Crippen LogP contribution >= 0.6 is 23.6 Å². The second-order valence-electron chi connectivity index (χ2n) is 19.6. The average Bonchev–Trinajstić information content (AvgIpc) is 3.99. The summed E-state index contributed by atoms with van der Waals surface area (Å²) in [6, 6.07) is 20.2. The maximum Gasteiger partial charge on any atom is 0.417 e. The first-order chi connectivity index (χ1) is 34.0. The quantitative estimate of drug-likeness (QED) is 0.0550. The van der Waals surface area contributed by atoms with Crippen LogP contribution in [-0.4, -0.2) is 108 Å². The molecule has 3 N–H and O–H groups in total. The van der Waals surface area contributed by atoms with Crippen LogP contribution in [0, 0.1) is 23.7 Å². The summed E-state index contributed by atoms with van der Waals surface area (Å²) in [5.74, 6) is -1.81. The van der Waals surface area contributed by atoms with Gasteiger partial charge in [0.1, 0.15) is 18.2 Å². The van der Waals surface area contributed by atoms with Crippen molar-refractivity contribution in [3.8, 4) is 16.5 Å². The lowest BCUT2D eigenvalue weighted by Crippen LogP contribution is -2.57. The van der Waals surface area contributed by atoms with Crippen LogP contribution in [0.4, 0.5) is 24.5 Å². The predicted molar refractivity (Wildman–Crippen MR) is 272 cm³/mol. The smallest absolute Gasteiger partial charge is 0.391 e. The maximum absolute atomic E-state index is 14.0. The van der Waals surface area contributed by atoms with E-state index in [1.807, 2.05) is 57.2 Å². The number of rotatable bonds is 21. The average molecular weight is 1030 g/mol. The third-order valence-corrected chi connectivity index (χ3v) is 14.1. The molecule has 4 aromatic rings. The number of carbonyl (C=O) groups is 5. The number of alkyl halides is 3. The maximum atomic E-state index is 14.0. The van der Waals surface area contributed by atoms with Crippen molar-refractivity contribution in [3.05, 3.63) is 106 Å². The van der Waals surface area contributed by atoms with Crippen LogP contribution in [0.25, 0.3) is 10.4 Å². The molecule has 2 saturated heterocycles. The van der Waals surface area contributed by atoms with E-state index in [4.69, 9.17) is 21.7 Å². The molecule has 6 rings (SSSR count). The summed E-state index contributed by atoms with van der Waals surface area (Å²) in [5, 5.41) is 27.4. The first-order valence-corrected chi connectivity index (χ1v) is 25.0. The molecular weight excluding hydrogens is 970 g/mol. The fraction of sp³-hybridized carbons (Fsp3) is 0.453. The zero-order chi connectivity index (χ0) is 52.5. The van der Waals surface area contributed by atoms with Gasteiger partial charge in [0.15, 0.2) is 10.9 Å². The number of nitrogens with zero attached hydrogens (tertiary/aromatic N) is 4. The number of anilines is 2. The Morgan fingerprint density at radius 2 is 1.57 bits per heavy atom. The van der Waals surface area contributed by atoms with Crippen LogP contribution in [0.5, 0.6) is 0 Å². The third kappa shape index (κ3) is 13.5. The molecule has 72 heavy (non-hydrogen) atoms. The molecule has 0 bridgehead atoms. The molecule has 0 unspecified atom stereocenters. The van der Waals surface area contributed by atoms with Crippen molar-refractivity contribution in [2.75, 3.05) is 49.3 Å². The minimum absolute atomic E-state index is 0.00797. The Morgan fingerprint density at radius 3 is 2.21 bits per heavy atom. The van der Waals surface area contributed by atoms with Gasteiger partial charge in [0.25, 0.3) is 5.91 Å². The van der Waals surface area contributed by atoms with E-state index in [0.29, 0.717) is 24.9 Å². The fourth-order valence-corrected chi connectivity index (χ4v) is 10.2. The number of benzene rings is 3. The summed E-state index contributed by atoms with van der Waals surface area (Å²) < 4.78 is 52.2. The number of halogens is 3. The van der Waals surface area contributed by atoms with Gasteiger partial charge in [0.05, 0.1) is 54.8 Å². The van der Waals surface area contributed by atoms with Crippen LogP contribution in [0.15, 0.2) is 78.2 Å². The Kier molecular flexibility index (Phi) is 18.2. The van der Waals surface area contributed by atoms with Gasteiger partial charge in [-0.3, -0.25) is 28.9 Å². The molecule has 3 atom stereocenters. The monoisotopic (exact) mass is 1030 g/mol. The van der Waals surface area contributed by atoms with Crippen molar-refractivity contribution in [1.82, 2.24) is 15.5 Å². The van der Waals surface area contributed by atoms with E-state index >= 15 is 0 Å². The van der Waals surface area contributed by atoms with Gasteiger partial charge in [0, 0.05) is 42.9 Å². The number of aliphatic hydroxyl groups is 1. The summed E-state index contributed by atoms with van der Waals surface area (Å²) in [6.07, 6.45) is -3.50. The summed E-state index contributed by atoms with van der Waals surface area (Å²) >= 11 is 7.31. The topological polar surface area (TPSA) is 182 Å². The van der Waals surface area contributed by atoms with Crippen LogP contribution in [0.3, 0.4) is 0 Å². The molecule has 3 heterocycles. The lowest BCUT2D eigenvalue weighted by Gasteiger charge is -2.35. The van der Waals surface area contributed by atoms with Crippen molar-refractivity contribution in [1.29, 1.82) is 5.26 Å². The first kappa shape index (κ1) is 55.3. The highest BCUT2D eigenvalue weighted by molar-refractivity contribution is 7.81. The zero-order valence-corrected chi connectivity index (χ0v) is 42.9. The minimum Gasteiger partial charge on any atom is -0.391 e. The number of ketones is 1. The van der Waals surface area contributed by atoms with Crippen molar-refractivity contribution < 1.29 is 51.7 Å². The third-order valence-electron chi connectivity index (χ3n) is 12.7. The van der Waals surface area contributed by atoms with E-state index in [1.165, 1.54) is 21.4 Å². The molecule has 2 aliphatic heterocycles. The molecule has 2 fully saturated rings. The molecule has 3 aromatic carbocycles. The molecule has 1 aromatic heterocycles. The van der Waals surface area contributed by atoms with Crippen LogP contribution in [-0.2, 0) is 52.5 Å². The molecule has 0 aliphatic carbocycles. The summed E-state index contributed by atoms with van der Waals surface area (Å²) in [6.45, 7) is 11.1. The number of nitriles is 1. The molecule has 0 spiro atoms. The molecule has 2 aliphatic rings. The Balaban J connectivity index is 0.866. The molecule has 0 saturated carbocycles. The number of amides is 4. The number of nitrogens with one attached hydrogen (secondary N) is 2. The Hall–Kier alpha value is -6.04. The van der Waals surface area contributed by atoms with Gasteiger partial charge in [-0.05, 0) is 122 Å². The van der Waals surface area contributed by atoms with Gasteiger partial charge in [-0.2, -0.15) is 18.4 Å². The highest BCUT2D eigenvalue weighted by atomic mass is 32.1. The van der Waals surface area contributed by atoms with Gasteiger partial charge >= 0.3 is 6.18 Å². The first-order valence-electron chi connectivity index (χ1n) is 23.8. The molecular formula is C53H61F3N6O8S2. The zero-order valence-electron chi connectivity index (χ0n) is 41.3. The number of carbonyl (C=O) groups excluding carboxylic acids is 5. The summed E-state index contributed by atoms with van der Waals surface area (Å²) in [4.78, 5) is 71.8. The number of likely N-dealkylation sites (tertiary alicyclic amines) is 1. The van der Waals surface area contributed by atoms with Crippen LogP contribution < -0.4 is 20.4 Å². The number of thiocarbonyl (C=S) groups is 1. The number of thiophene rings is 1. The predicted octanol–water partition coefficient (Wildman–Crippen LogP) is 7.70. The van der Waals surface area contributed by atoms with Gasteiger partial charge < -0.3 is 35.0 Å². The van der Waals surface area contributed by atoms with Crippen LogP contribution in [0.2, 0.25) is 0 Å². The van der Waals surface area contributed by atoms with E-state index in [-0.39, 0.29) is 81.3 Å². The normalized spacial score (nSPS) is 17.3. The highest BCUT2D eigenvalue weighted by Crippen LogP contribution is 2.40. The number of ether oxygens (including phenoxy) is 2. The highest BCUT2D eigenvalue weighted by Gasteiger charge is 2.51. The lowest BCUT2D eigenvalue weighted by molar-refractivity contribution is -0.144. The second kappa shape index (κ2) is 23.7. The number of Topliss-reactive ketones (excluding diaryl/α,β-unsaturated/α-hetero) is 1. The second-order valence-corrected chi connectivity index (χ2v) is 20.8. The lowest BCUT2D eigenvalue weighted by atomic mass is 9.85. The molecule has 0 radical (unpaired) electrons. The molecule has 14 nitrogen and oxygen atoms in total. The van der Waals surface area contributed by atoms with E-state index < -0.39 is 64.2 Å². The molecule has 384 valence electrons. The summed E-state index contributed by atoms with van der Waals surface area (Å²) in [5.41, 5.74) is 1.02. The van der Waals surface area contributed by atoms with Gasteiger partial charge in [-0.1, -0.05) is 57.2 Å². The Labute approximate surface area is 427 Å². The fourth-order valence-electron chi connectivity index (χ4n) is 8.77. The van der Waals surface area contributed by atoms with Crippen molar-refractivity contribution >= 4 is 69.5 Å². The number of aryl methyl sites for hydroxylation is 3.